The van der Waals surface area contributed by atoms with Crippen LogP contribution in [-0.4, -0.2) is 41.5 Å². The van der Waals surface area contributed by atoms with Crippen LogP contribution in [0.1, 0.15) is 23.2 Å². The molecule has 2 rings (SSSR count). The summed E-state index contributed by atoms with van der Waals surface area (Å²) >= 11 is 0. The third-order valence-corrected chi connectivity index (χ3v) is 3.03. The predicted octanol–water partition coefficient (Wildman–Crippen LogP) is 1.60. The molecule has 0 bridgehead atoms. The van der Waals surface area contributed by atoms with Gasteiger partial charge in [-0.2, -0.15) is 0 Å². The maximum Gasteiger partial charge on any atom is 0.179 e. The standard InChI is InChI=1S/C13H15F2NO2/c14-9-1-4-11(12(15)7-9)13(18)8-16(5-6-17)10-2-3-10/h1,4,7,10,17H,2-3,5-6,8H2. The first-order valence-electron chi connectivity index (χ1n) is 5.95. The van der Waals surface area contributed by atoms with Gasteiger partial charge in [-0.05, 0) is 25.0 Å². The molecule has 98 valence electrons. The molecule has 1 N–H and O–H groups in total. The van der Waals surface area contributed by atoms with E-state index in [2.05, 4.69) is 0 Å². The maximum atomic E-state index is 13.4. The van der Waals surface area contributed by atoms with Gasteiger partial charge in [-0.3, -0.25) is 9.69 Å². The minimum absolute atomic E-state index is 0.0321. The lowest BCUT2D eigenvalue weighted by Crippen LogP contribution is -2.34. The zero-order valence-corrected chi connectivity index (χ0v) is 9.90. The fraction of sp³-hybridized carbons (Fsp3) is 0.462. The Hall–Kier alpha value is -1.33. The molecule has 1 aromatic rings. The summed E-state index contributed by atoms with van der Waals surface area (Å²) in [6.45, 7) is 0.433. The van der Waals surface area contributed by atoms with Gasteiger partial charge < -0.3 is 5.11 Å². The van der Waals surface area contributed by atoms with Gasteiger partial charge in [0.2, 0.25) is 0 Å². The predicted molar refractivity (Wildman–Crippen MR) is 62.4 cm³/mol. The van der Waals surface area contributed by atoms with Crippen LogP contribution in [-0.2, 0) is 0 Å². The fourth-order valence-electron chi connectivity index (χ4n) is 1.94. The average molecular weight is 255 g/mol. The van der Waals surface area contributed by atoms with Crippen LogP contribution in [0.4, 0.5) is 8.78 Å². The van der Waals surface area contributed by atoms with E-state index in [1.54, 1.807) is 0 Å². The summed E-state index contributed by atoms with van der Waals surface area (Å²) in [6, 6.07) is 3.26. The third kappa shape index (κ3) is 3.11. The fourth-order valence-corrected chi connectivity index (χ4v) is 1.94. The van der Waals surface area contributed by atoms with Crippen molar-refractivity contribution >= 4 is 5.78 Å². The first-order chi connectivity index (χ1) is 8.61. The Balaban J connectivity index is 2.05. The minimum Gasteiger partial charge on any atom is -0.395 e. The smallest absolute Gasteiger partial charge is 0.179 e. The Bertz CT molecular complexity index is 447. The van der Waals surface area contributed by atoms with Gasteiger partial charge >= 0.3 is 0 Å². The summed E-state index contributed by atoms with van der Waals surface area (Å²) in [4.78, 5) is 13.7. The molecule has 18 heavy (non-hydrogen) atoms. The monoisotopic (exact) mass is 255 g/mol. The van der Waals surface area contributed by atoms with Crippen molar-refractivity contribution < 1.29 is 18.7 Å². The Labute approximate surface area is 104 Å². The molecule has 0 amide bonds. The van der Waals surface area contributed by atoms with Crippen LogP contribution in [0.3, 0.4) is 0 Å². The Morgan fingerprint density at radius 3 is 2.67 bits per heavy atom. The van der Waals surface area contributed by atoms with Crippen LogP contribution in [0.25, 0.3) is 0 Å². The molecule has 1 aromatic carbocycles. The highest BCUT2D eigenvalue weighted by Gasteiger charge is 2.30. The highest BCUT2D eigenvalue weighted by atomic mass is 19.1. The molecule has 3 nitrogen and oxygen atoms in total. The Kier molecular flexibility index (Phi) is 4.04. The number of aliphatic hydroxyl groups is 1. The molecule has 0 heterocycles. The van der Waals surface area contributed by atoms with Gasteiger partial charge in [0.05, 0.1) is 18.7 Å². The number of nitrogens with zero attached hydrogens (tertiary/aromatic N) is 1. The Morgan fingerprint density at radius 1 is 1.39 bits per heavy atom. The van der Waals surface area contributed by atoms with Crippen LogP contribution in [0, 0.1) is 11.6 Å². The largest absolute Gasteiger partial charge is 0.395 e. The zero-order chi connectivity index (χ0) is 13.1. The van der Waals surface area contributed by atoms with E-state index in [4.69, 9.17) is 5.11 Å². The number of Topliss-reactive ketones (excluding diaryl/α,β-unsaturated/α-hetero) is 1. The number of rotatable bonds is 6. The third-order valence-electron chi connectivity index (χ3n) is 3.03. The van der Waals surface area contributed by atoms with Crippen LogP contribution >= 0.6 is 0 Å². The second-order valence-electron chi connectivity index (χ2n) is 4.47. The normalized spacial score (nSPS) is 15.1. The van der Waals surface area contributed by atoms with E-state index in [0.717, 1.165) is 25.0 Å². The molecule has 5 heteroatoms. The average Bonchev–Trinajstić information content (AvgIpc) is 3.11. The van der Waals surface area contributed by atoms with Gasteiger partial charge in [0.1, 0.15) is 11.6 Å². The van der Waals surface area contributed by atoms with Crippen LogP contribution in [0.2, 0.25) is 0 Å². The summed E-state index contributed by atoms with van der Waals surface area (Å²) in [7, 11) is 0. The number of carbonyl (C=O) groups excluding carboxylic acids is 1. The lowest BCUT2D eigenvalue weighted by atomic mass is 10.1. The van der Waals surface area contributed by atoms with Gasteiger partial charge in [-0.1, -0.05) is 0 Å². The van der Waals surface area contributed by atoms with Crippen molar-refractivity contribution in [2.75, 3.05) is 19.7 Å². The molecular weight excluding hydrogens is 240 g/mol. The second-order valence-corrected chi connectivity index (χ2v) is 4.47. The summed E-state index contributed by atoms with van der Waals surface area (Å²) < 4.78 is 26.2. The SMILES string of the molecule is O=C(CN(CCO)C1CC1)c1ccc(F)cc1F. The van der Waals surface area contributed by atoms with E-state index in [1.807, 2.05) is 4.90 Å². The van der Waals surface area contributed by atoms with Gasteiger partial charge in [0, 0.05) is 18.7 Å². The van der Waals surface area contributed by atoms with E-state index >= 15 is 0 Å². The van der Waals surface area contributed by atoms with Gasteiger partial charge in [-0.15, -0.1) is 0 Å². The summed E-state index contributed by atoms with van der Waals surface area (Å²) in [5, 5.41) is 8.91. The molecule has 0 radical (unpaired) electrons. The van der Waals surface area contributed by atoms with E-state index in [1.165, 1.54) is 0 Å². The highest BCUT2D eigenvalue weighted by molar-refractivity contribution is 5.97. The maximum absolute atomic E-state index is 13.4. The molecule has 0 aliphatic heterocycles. The molecular formula is C13H15F2NO2. The lowest BCUT2D eigenvalue weighted by Gasteiger charge is -2.19. The number of benzene rings is 1. The summed E-state index contributed by atoms with van der Waals surface area (Å²) in [6.07, 6.45) is 2.00. The molecule has 1 saturated carbocycles. The molecule has 1 aliphatic carbocycles. The number of carbonyl (C=O) groups is 1. The topological polar surface area (TPSA) is 40.5 Å². The number of hydrogen-bond donors (Lipinski definition) is 1. The van der Waals surface area contributed by atoms with Crippen molar-refractivity contribution in [3.63, 3.8) is 0 Å². The van der Waals surface area contributed by atoms with Crippen molar-refractivity contribution in [2.45, 2.75) is 18.9 Å². The molecule has 1 fully saturated rings. The molecule has 0 unspecified atom stereocenters. The van der Waals surface area contributed by atoms with Crippen LogP contribution in [0.15, 0.2) is 18.2 Å². The highest BCUT2D eigenvalue weighted by Crippen LogP contribution is 2.26. The van der Waals surface area contributed by atoms with Crippen molar-refractivity contribution in [3.8, 4) is 0 Å². The van der Waals surface area contributed by atoms with Gasteiger partial charge in [0.15, 0.2) is 5.78 Å². The van der Waals surface area contributed by atoms with Gasteiger partial charge in [0.25, 0.3) is 0 Å². The van der Waals surface area contributed by atoms with Crippen LogP contribution in [0.5, 0.6) is 0 Å². The summed E-state index contributed by atoms with van der Waals surface area (Å²) in [5.74, 6) is -1.91. The zero-order valence-electron chi connectivity index (χ0n) is 9.90. The molecule has 0 spiro atoms. The number of ketones is 1. The van der Waals surface area contributed by atoms with Crippen molar-refractivity contribution in [3.05, 3.63) is 35.4 Å². The molecule has 0 atom stereocenters. The summed E-state index contributed by atoms with van der Waals surface area (Å²) in [5.41, 5.74) is -0.0972. The van der Waals surface area contributed by atoms with Crippen molar-refractivity contribution in [2.24, 2.45) is 0 Å². The Morgan fingerprint density at radius 2 is 2.11 bits per heavy atom. The van der Waals surface area contributed by atoms with Crippen LogP contribution < -0.4 is 0 Å². The number of halogens is 2. The minimum atomic E-state index is -0.834. The van der Waals surface area contributed by atoms with Crippen molar-refractivity contribution in [1.82, 2.24) is 4.90 Å². The second kappa shape index (κ2) is 5.54. The van der Waals surface area contributed by atoms with E-state index in [0.29, 0.717) is 18.7 Å². The first kappa shape index (κ1) is 13.1. The molecule has 1 aliphatic rings. The number of hydrogen-bond acceptors (Lipinski definition) is 3. The van der Waals surface area contributed by atoms with Gasteiger partial charge in [-0.25, -0.2) is 8.78 Å². The van der Waals surface area contributed by atoms with E-state index in [9.17, 15) is 13.6 Å². The number of aliphatic hydroxyl groups excluding tert-OH is 1. The van der Waals surface area contributed by atoms with E-state index in [-0.39, 0.29) is 24.5 Å². The lowest BCUT2D eigenvalue weighted by molar-refractivity contribution is 0.0903. The van der Waals surface area contributed by atoms with Crippen molar-refractivity contribution in [1.29, 1.82) is 0 Å². The van der Waals surface area contributed by atoms with E-state index < -0.39 is 11.6 Å². The quantitative estimate of drug-likeness (QED) is 0.785. The first-order valence-corrected chi connectivity index (χ1v) is 5.95. The molecule has 0 saturated heterocycles. The molecule has 0 aromatic heterocycles.